The molecule has 13 heteroatoms. The van der Waals surface area contributed by atoms with Crippen molar-refractivity contribution < 1.29 is 18.1 Å². The lowest BCUT2D eigenvalue weighted by Gasteiger charge is -2.17. The number of likely N-dealkylation sites (N-methyl/N-ethyl adjacent to an activating group) is 1. The number of nitro groups is 1. The summed E-state index contributed by atoms with van der Waals surface area (Å²) in [5, 5.41) is 28.4. The van der Waals surface area contributed by atoms with E-state index >= 15 is 0 Å². The van der Waals surface area contributed by atoms with Gasteiger partial charge in [0.2, 0.25) is 0 Å². The van der Waals surface area contributed by atoms with Gasteiger partial charge in [-0.3, -0.25) is 10.1 Å². The van der Waals surface area contributed by atoms with Gasteiger partial charge in [0.15, 0.2) is 0 Å². The number of aromatic nitrogens is 2. The summed E-state index contributed by atoms with van der Waals surface area (Å²) in [6.07, 6.45) is 4.36. The van der Waals surface area contributed by atoms with Crippen molar-refractivity contribution in [1.29, 1.82) is 5.26 Å². The van der Waals surface area contributed by atoms with E-state index in [1.54, 1.807) is 18.3 Å². The van der Waals surface area contributed by atoms with Crippen molar-refractivity contribution >= 4 is 27.4 Å². The molecule has 0 spiro atoms. The molecule has 0 amide bonds. The van der Waals surface area contributed by atoms with Gasteiger partial charge in [-0.1, -0.05) is 0 Å². The molecule has 0 radical (unpaired) electrons. The second-order valence-electron chi connectivity index (χ2n) is 7.18. The Labute approximate surface area is 190 Å². The first-order valence-electron chi connectivity index (χ1n) is 9.60. The first-order valence-corrected chi connectivity index (χ1v) is 11.0. The zero-order chi connectivity index (χ0) is 24.2. The molecule has 0 saturated heterocycles. The van der Waals surface area contributed by atoms with Gasteiger partial charge in [-0.15, -0.1) is 0 Å². The largest absolute Gasteiger partial charge is 0.491 e. The van der Waals surface area contributed by atoms with Crippen molar-refractivity contribution in [1.82, 2.24) is 18.9 Å². The first kappa shape index (κ1) is 23.6. The Bertz CT molecular complexity index is 1360. The topological polar surface area (TPSA) is 146 Å². The van der Waals surface area contributed by atoms with Crippen LogP contribution in [0.25, 0.3) is 5.52 Å². The van der Waals surface area contributed by atoms with Crippen molar-refractivity contribution in [3.63, 3.8) is 0 Å². The molecule has 3 aromatic rings. The third kappa shape index (κ3) is 5.25. The van der Waals surface area contributed by atoms with Crippen LogP contribution in [0, 0.1) is 21.4 Å². The van der Waals surface area contributed by atoms with Crippen molar-refractivity contribution in [3.8, 4) is 11.8 Å². The molecule has 0 aliphatic rings. The minimum atomic E-state index is -4.28. The highest BCUT2D eigenvalue weighted by molar-refractivity contribution is 7.89. The number of benzene rings is 1. The zero-order valence-electron chi connectivity index (χ0n) is 18.1. The number of non-ortho nitro benzene ring substituents is 1. The first-order chi connectivity index (χ1) is 15.6. The Morgan fingerprint density at radius 3 is 2.73 bits per heavy atom. The predicted molar refractivity (Wildman–Crippen MR) is 120 cm³/mol. The maximum Gasteiger partial charge on any atom is 0.282 e. The lowest BCUT2D eigenvalue weighted by Crippen LogP contribution is -2.24. The maximum absolute atomic E-state index is 13.2. The molecule has 0 fully saturated rings. The van der Waals surface area contributed by atoms with Crippen LogP contribution in [-0.4, -0.2) is 72.8 Å². The second kappa shape index (κ2) is 9.63. The monoisotopic (exact) mass is 471 g/mol. The molecule has 3 rings (SSSR count). The van der Waals surface area contributed by atoms with Gasteiger partial charge >= 0.3 is 0 Å². The van der Waals surface area contributed by atoms with Crippen LogP contribution in [0.1, 0.15) is 11.1 Å². The van der Waals surface area contributed by atoms with Crippen LogP contribution in [0.4, 0.5) is 5.69 Å². The van der Waals surface area contributed by atoms with Gasteiger partial charge in [0.1, 0.15) is 17.3 Å². The summed E-state index contributed by atoms with van der Waals surface area (Å²) in [5.74, 6) is -0.0147. The molecule has 0 bridgehead atoms. The smallest absolute Gasteiger partial charge is 0.282 e. The summed E-state index contributed by atoms with van der Waals surface area (Å²) in [6.45, 7) is 0.702. The molecule has 1 aromatic carbocycles. The van der Waals surface area contributed by atoms with Crippen molar-refractivity contribution in [3.05, 3.63) is 64.0 Å². The lowest BCUT2D eigenvalue weighted by atomic mass is 10.2. The van der Waals surface area contributed by atoms with E-state index in [0.717, 1.165) is 6.07 Å². The Morgan fingerprint density at radius 2 is 2.06 bits per heavy atom. The third-order valence-electron chi connectivity index (χ3n) is 4.60. The molecule has 2 aromatic heterocycles. The SMILES string of the molecule is CN(C)CCOc1ccc([N+](=O)[O-])cc1S(=O)(=O)N(C)N=Cc1cnn2ccc(C#N)cc12. The van der Waals surface area contributed by atoms with Crippen LogP contribution in [0.15, 0.2) is 52.7 Å². The number of hydrogen-bond donors (Lipinski definition) is 0. The van der Waals surface area contributed by atoms with Crippen LogP contribution < -0.4 is 4.74 Å². The minimum absolute atomic E-state index is 0.0147. The quantitative estimate of drug-likeness (QED) is 0.260. The Hall–Kier alpha value is -4.02. The highest BCUT2D eigenvalue weighted by Crippen LogP contribution is 2.30. The molecule has 0 aliphatic carbocycles. The molecular weight excluding hydrogens is 450 g/mol. The van der Waals surface area contributed by atoms with Crippen molar-refractivity contribution in [2.45, 2.75) is 4.90 Å². The zero-order valence-corrected chi connectivity index (χ0v) is 18.9. The summed E-state index contributed by atoms with van der Waals surface area (Å²) < 4.78 is 34.2. The summed E-state index contributed by atoms with van der Waals surface area (Å²) in [6, 6.07) is 8.60. The summed E-state index contributed by atoms with van der Waals surface area (Å²) in [7, 11) is 0.592. The van der Waals surface area contributed by atoms with E-state index in [9.17, 15) is 18.5 Å². The van der Waals surface area contributed by atoms with Gasteiger partial charge in [-0.05, 0) is 32.3 Å². The van der Waals surface area contributed by atoms with Crippen LogP contribution in [0.5, 0.6) is 5.75 Å². The Balaban J connectivity index is 1.94. The van der Waals surface area contributed by atoms with Crippen LogP contribution in [0.2, 0.25) is 0 Å². The Kier molecular flexibility index (Phi) is 6.90. The number of sulfonamides is 1. The molecule has 0 atom stereocenters. The molecule has 0 aliphatic heterocycles. The minimum Gasteiger partial charge on any atom is -0.491 e. The molecule has 0 N–H and O–H groups in total. The maximum atomic E-state index is 13.2. The molecule has 0 unspecified atom stereocenters. The fourth-order valence-electron chi connectivity index (χ4n) is 2.79. The van der Waals surface area contributed by atoms with E-state index in [0.29, 0.717) is 27.6 Å². The second-order valence-corrected chi connectivity index (χ2v) is 9.10. The summed E-state index contributed by atoms with van der Waals surface area (Å²) in [5.41, 5.74) is 1.06. The van der Waals surface area contributed by atoms with E-state index < -0.39 is 20.6 Å². The van der Waals surface area contributed by atoms with Gasteiger partial charge in [0.25, 0.3) is 15.7 Å². The molecule has 33 heavy (non-hydrogen) atoms. The number of nitrogens with zero attached hydrogens (tertiary/aromatic N) is 7. The molecule has 0 saturated carbocycles. The normalized spacial score (nSPS) is 11.7. The highest BCUT2D eigenvalue weighted by atomic mass is 32.2. The lowest BCUT2D eigenvalue weighted by molar-refractivity contribution is -0.385. The van der Waals surface area contributed by atoms with Crippen LogP contribution in [-0.2, 0) is 10.0 Å². The number of hydrazone groups is 1. The van der Waals surface area contributed by atoms with Gasteiger partial charge < -0.3 is 9.64 Å². The van der Waals surface area contributed by atoms with E-state index in [1.807, 2.05) is 25.1 Å². The van der Waals surface area contributed by atoms with Gasteiger partial charge in [-0.2, -0.15) is 28.3 Å². The average molecular weight is 471 g/mol. The van der Waals surface area contributed by atoms with Crippen LogP contribution >= 0.6 is 0 Å². The summed E-state index contributed by atoms with van der Waals surface area (Å²) >= 11 is 0. The molecule has 2 heterocycles. The number of fused-ring (bicyclic) bond motifs is 1. The Morgan fingerprint density at radius 1 is 1.30 bits per heavy atom. The summed E-state index contributed by atoms with van der Waals surface area (Å²) in [4.78, 5) is 12.0. The predicted octanol–water partition coefficient (Wildman–Crippen LogP) is 1.71. The number of nitro benzene ring substituents is 1. The molecule has 12 nitrogen and oxygen atoms in total. The van der Waals surface area contributed by atoms with Crippen molar-refractivity contribution in [2.24, 2.45) is 5.10 Å². The number of nitriles is 1. The fourth-order valence-corrected chi connectivity index (χ4v) is 3.89. The molecular formula is C20H21N7O5S. The number of pyridine rings is 1. The number of hydrogen-bond acceptors (Lipinski definition) is 9. The van der Waals surface area contributed by atoms with Gasteiger partial charge in [0, 0.05) is 37.5 Å². The standard InChI is InChI=1S/C20H21N7O5S/c1-24(2)8-9-32-19-5-4-17(27(28)29)11-20(19)33(30,31)25(3)22-13-16-14-23-26-7-6-15(12-21)10-18(16)26/h4-7,10-11,13-14H,8-9H2,1-3H3. The molecule has 172 valence electrons. The van der Waals surface area contributed by atoms with E-state index in [1.165, 1.54) is 36.1 Å². The van der Waals surface area contributed by atoms with Crippen molar-refractivity contribution in [2.75, 3.05) is 34.3 Å². The van der Waals surface area contributed by atoms with Gasteiger partial charge in [-0.25, -0.2) is 4.52 Å². The van der Waals surface area contributed by atoms with E-state index in [-0.39, 0.29) is 17.3 Å². The van der Waals surface area contributed by atoms with E-state index in [2.05, 4.69) is 10.2 Å². The highest BCUT2D eigenvalue weighted by Gasteiger charge is 2.27. The number of rotatable bonds is 9. The average Bonchev–Trinajstić information content (AvgIpc) is 3.19. The van der Waals surface area contributed by atoms with Crippen LogP contribution in [0.3, 0.4) is 0 Å². The number of ether oxygens (including phenoxy) is 1. The van der Waals surface area contributed by atoms with E-state index in [4.69, 9.17) is 10.00 Å². The van der Waals surface area contributed by atoms with Gasteiger partial charge in [0.05, 0.1) is 34.5 Å². The third-order valence-corrected chi connectivity index (χ3v) is 6.26. The fraction of sp³-hybridized carbons (Fsp3) is 0.250.